The van der Waals surface area contributed by atoms with Crippen LogP contribution >= 0.6 is 11.6 Å². The van der Waals surface area contributed by atoms with E-state index in [1.807, 2.05) is 4.90 Å². The lowest BCUT2D eigenvalue weighted by Gasteiger charge is -2.29. The van der Waals surface area contributed by atoms with Crippen molar-refractivity contribution in [1.29, 1.82) is 0 Å². The predicted octanol–water partition coefficient (Wildman–Crippen LogP) is 2.71. The van der Waals surface area contributed by atoms with E-state index in [0.717, 1.165) is 25.9 Å². The summed E-state index contributed by atoms with van der Waals surface area (Å²) in [6.07, 6.45) is 3.27. The van der Waals surface area contributed by atoms with Crippen LogP contribution in [-0.2, 0) is 9.59 Å². The van der Waals surface area contributed by atoms with E-state index in [2.05, 4.69) is 0 Å². The van der Waals surface area contributed by atoms with E-state index >= 15 is 0 Å². The summed E-state index contributed by atoms with van der Waals surface area (Å²) >= 11 is 5.84. The van der Waals surface area contributed by atoms with Gasteiger partial charge in [-0.25, -0.2) is 0 Å². The van der Waals surface area contributed by atoms with Crippen LogP contribution in [0.1, 0.15) is 26.2 Å². The van der Waals surface area contributed by atoms with E-state index in [9.17, 15) is 9.59 Å². The molecule has 0 unspecified atom stereocenters. The van der Waals surface area contributed by atoms with Gasteiger partial charge in [0.05, 0.1) is 0 Å². The Balaban J connectivity index is 2.07. The summed E-state index contributed by atoms with van der Waals surface area (Å²) in [5.41, 5.74) is 0.701. The zero-order chi connectivity index (χ0) is 14.5. The number of hydrogen-bond donors (Lipinski definition) is 0. The second kappa shape index (κ2) is 6.75. The molecule has 0 bridgehead atoms. The van der Waals surface area contributed by atoms with Gasteiger partial charge >= 0.3 is 0 Å². The largest absolute Gasteiger partial charge is 0.341 e. The highest BCUT2D eigenvalue weighted by atomic mass is 35.5. The number of rotatable bonds is 3. The minimum atomic E-state index is -0.141. The minimum absolute atomic E-state index is 0.00912. The van der Waals surface area contributed by atoms with Crippen LogP contribution in [0, 0.1) is 0 Å². The maximum absolute atomic E-state index is 12.3. The van der Waals surface area contributed by atoms with Crippen LogP contribution < -0.4 is 4.90 Å². The molecule has 1 aliphatic rings. The number of carbonyl (C=O) groups excluding carboxylic acids is 2. The molecule has 0 N–H and O–H groups in total. The van der Waals surface area contributed by atoms with Crippen LogP contribution in [-0.4, -0.2) is 36.3 Å². The van der Waals surface area contributed by atoms with E-state index in [-0.39, 0.29) is 18.4 Å². The number of halogens is 1. The van der Waals surface area contributed by atoms with Crippen molar-refractivity contribution in [3.8, 4) is 0 Å². The molecule has 1 fully saturated rings. The molecule has 0 aromatic heterocycles. The molecule has 108 valence electrons. The van der Waals surface area contributed by atoms with E-state index in [4.69, 9.17) is 11.6 Å². The lowest BCUT2D eigenvalue weighted by Crippen LogP contribution is -2.44. The first kappa shape index (κ1) is 14.9. The third-order valence-electron chi connectivity index (χ3n) is 3.52. The zero-order valence-electron chi connectivity index (χ0n) is 11.6. The van der Waals surface area contributed by atoms with Gasteiger partial charge in [-0.15, -0.1) is 0 Å². The number of piperidine rings is 1. The van der Waals surface area contributed by atoms with Crippen molar-refractivity contribution < 1.29 is 9.59 Å². The Morgan fingerprint density at radius 1 is 1.15 bits per heavy atom. The highest BCUT2D eigenvalue weighted by Crippen LogP contribution is 2.19. The maximum Gasteiger partial charge on any atom is 0.242 e. The summed E-state index contributed by atoms with van der Waals surface area (Å²) in [5.74, 6) is -0.132. The molecule has 2 rings (SSSR count). The van der Waals surface area contributed by atoms with Gasteiger partial charge in [0, 0.05) is 30.7 Å². The number of hydrogen-bond acceptors (Lipinski definition) is 2. The number of benzene rings is 1. The van der Waals surface area contributed by atoms with Crippen LogP contribution in [0.5, 0.6) is 0 Å². The van der Waals surface area contributed by atoms with Crippen molar-refractivity contribution in [3.63, 3.8) is 0 Å². The Hall–Kier alpha value is -1.55. The van der Waals surface area contributed by atoms with Crippen LogP contribution in [0.2, 0.25) is 5.02 Å². The first-order chi connectivity index (χ1) is 9.58. The molecule has 1 saturated heterocycles. The Kier molecular flexibility index (Phi) is 5.01. The van der Waals surface area contributed by atoms with Gasteiger partial charge in [-0.05, 0) is 43.5 Å². The standard InChI is InChI=1S/C15H19ClN2O2/c1-12(19)18(14-7-5-13(16)6-8-14)11-15(20)17-9-3-2-4-10-17/h5-8H,2-4,9-11H2,1H3. The molecule has 0 spiro atoms. The third-order valence-corrected chi connectivity index (χ3v) is 3.77. The third kappa shape index (κ3) is 3.73. The van der Waals surface area contributed by atoms with E-state index < -0.39 is 0 Å². The first-order valence-corrected chi connectivity index (χ1v) is 7.27. The van der Waals surface area contributed by atoms with Gasteiger partial charge in [0.25, 0.3) is 0 Å². The average Bonchev–Trinajstić information content (AvgIpc) is 2.46. The molecular formula is C15H19ClN2O2. The molecule has 1 aromatic rings. The number of likely N-dealkylation sites (tertiary alicyclic amines) is 1. The molecule has 1 aromatic carbocycles. The Labute approximate surface area is 124 Å². The fourth-order valence-corrected chi connectivity index (χ4v) is 2.51. The van der Waals surface area contributed by atoms with Crippen molar-refractivity contribution in [1.82, 2.24) is 4.90 Å². The van der Waals surface area contributed by atoms with Gasteiger partial charge in [0.15, 0.2) is 0 Å². The molecule has 0 aliphatic carbocycles. The second-order valence-corrected chi connectivity index (χ2v) is 5.46. The van der Waals surface area contributed by atoms with Crippen LogP contribution in [0.25, 0.3) is 0 Å². The van der Waals surface area contributed by atoms with Crippen molar-refractivity contribution in [2.45, 2.75) is 26.2 Å². The number of carbonyl (C=O) groups is 2. The Morgan fingerprint density at radius 3 is 2.30 bits per heavy atom. The topological polar surface area (TPSA) is 40.6 Å². The average molecular weight is 295 g/mol. The SMILES string of the molecule is CC(=O)N(CC(=O)N1CCCCC1)c1ccc(Cl)cc1. The number of nitrogens with zero attached hydrogens (tertiary/aromatic N) is 2. The molecule has 2 amide bonds. The molecule has 20 heavy (non-hydrogen) atoms. The van der Waals surface area contributed by atoms with Gasteiger partial charge in [-0.3, -0.25) is 9.59 Å². The van der Waals surface area contributed by atoms with E-state index in [0.29, 0.717) is 10.7 Å². The second-order valence-electron chi connectivity index (χ2n) is 5.02. The number of anilines is 1. The number of amides is 2. The first-order valence-electron chi connectivity index (χ1n) is 6.89. The zero-order valence-corrected chi connectivity index (χ0v) is 12.4. The molecule has 5 heteroatoms. The van der Waals surface area contributed by atoms with Crippen molar-refractivity contribution >= 4 is 29.1 Å². The van der Waals surface area contributed by atoms with Gasteiger partial charge in [-0.2, -0.15) is 0 Å². The molecule has 0 atom stereocenters. The normalized spacial score (nSPS) is 15.0. The summed E-state index contributed by atoms with van der Waals surface area (Å²) in [6.45, 7) is 3.16. The minimum Gasteiger partial charge on any atom is -0.341 e. The molecule has 0 radical (unpaired) electrons. The van der Waals surface area contributed by atoms with Gasteiger partial charge in [-0.1, -0.05) is 11.6 Å². The maximum atomic E-state index is 12.3. The Morgan fingerprint density at radius 2 is 1.75 bits per heavy atom. The summed E-state index contributed by atoms with van der Waals surface area (Å²) in [5, 5.41) is 0.611. The van der Waals surface area contributed by atoms with E-state index in [1.165, 1.54) is 18.2 Å². The predicted molar refractivity (Wildman–Crippen MR) is 79.9 cm³/mol. The van der Waals surface area contributed by atoms with Crippen molar-refractivity contribution in [3.05, 3.63) is 29.3 Å². The smallest absolute Gasteiger partial charge is 0.242 e. The van der Waals surface area contributed by atoms with Crippen molar-refractivity contribution in [2.24, 2.45) is 0 Å². The quantitative estimate of drug-likeness (QED) is 0.860. The van der Waals surface area contributed by atoms with Crippen molar-refractivity contribution in [2.75, 3.05) is 24.5 Å². The molecule has 4 nitrogen and oxygen atoms in total. The summed E-state index contributed by atoms with van der Waals surface area (Å²) < 4.78 is 0. The highest BCUT2D eigenvalue weighted by molar-refractivity contribution is 6.30. The fraction of sp³-hybridized carbons (Fsp3) is 0.467. The van der Waals surface area contributed by atoms with Crippen LogP contribution in [0.4, 0.5) is 5.69 Å². The lowest BCUT2D eigenvalue weighted by molar-refractivity contribution is -0.132. The highest BCUT2D eigenvalue weighted by Gasteiger charge is 2.21. The fourth-order valence-electron chi connectivity index (χ4n) is 2.38. The Bertz CT molecular complexity index is 481. The summed E-state index contributed by atoms with van der Waals surface area (Å²) in [6, 6.07) is 6.96. The lowest BCUT2D eigenvalue weighted by atomic mass is 10.1. The van der Waals surface area contributed by atoms with Gasteiger partial charge in [0.1, 0.15) is 6.54 Å². The van der Waals surface area contributed by atoms with Gasteiger partial charge in [0.2, 0.25) is 11.8 Å². The molecule has 0 saturated carbocycles. The monoisotopic (exact) mass is 294 g/mol. The van der Waals surface area contributed by atoms with Crippen LogP contribution in [0.3, 0.4) is 0 Å². The van der Waals surface area contributed by atoms with Gasteiger partial charge < -0.3 is 9.80 Å². The van der Waals surface area contributed by atoms with E-state index in [1.54, 1.807) is 24.3 Å². The molecule has 1 heterocycles. The summed E-state index contributed by atoms with van der Waals surface area (Å²) in [4.78, 5) is 27.4. The van der Waals surface area contributed by atoms with Crippen LogP contribution in [0.15, 0.2) is 24.3 Å². The molecular weight excluding hydrogens is 276 g/mol. The summed E-state index contributed by atoms with van der Waals surface area (Å²) in [7, 11) is 0. The molecule has 1 aliphatic heterocycles.